The number of likely N-dealkylation sites (tertiary alicyclic amines) is 1. The van der Waals surface area contributed by atoms with E-state index >= 15 is 0 Å². The zero-order valence-electron chi connectivity index (χ0n) is 42.9. The lowest BCUT2D eigenvalue weighted by molar-refractivity contribution is -0.197. The monoisotopic (exact) mass is 912 g/mol. The third-order valence-corrected chi connectivity index (χ3v) is 13.2. The molecule has 0 atom stereocenters. The second kappa shape index (κ2) is 45.5. The summed E-state index contributed by atoms with van der Waals surface area (Å²) in [6, 6.07) is 0. The van der Waals surface area contributed by atoms with Gasteiger partial charge in [0.2, 0.25) is 0 Å². The molecule has 64 heavy (non-hydrogen) atoms. The van der Waals surface area contributed by atoms with Gasteiger partial charge in [-0.25, -0.2) is 9.59 Å². The van der Waals surface area contributed by atoms with Crippen molar-refractivity contribution in [3.63, 3.8) is 0 Å². The first-order valence-electron chi connectivity index (χ1n) is 27.5. The number of hydrogen-bond acceptors (Lipinski definition) is 10. The van der Waals surface area contributed by atoms with Crippen molar-refractivity contribution >= 4 is 11.9 Å². The standard InChI is InChI=1S/C54H105NO9/c1-6-10-14-18-22-26-31-44-61-52(62-45-32-27-23-19-15-11-7-2)50(56)59-48-38-54(36-41-55(42-37-54)40-30-35-43-58-5)39-49-60-51(57)53(63-46-33-28-24-20-16-12-8-3)64-47-34-29-25-21-17-13-9-4/h52-53H,6-49H2,1-5H3. The smallest absolute Gasteiger partial charge is 0.363 e. The van der Waals surface area contributed by atoms with Gasteiger partial charge in [-0.3, -0.25) is 0 Å². The summed E-state index contributed by atoms with van der Waals surface area (Å²) in [5.41, 5.74) is -0.122. The van der Waals surface area contributed by atoms with E-state index in [-0.39, 0.29) is 18.6 Å². The minimum atomic E-state index is -0.995. The van der Waals surface area contributed by atoms with E-state index in [0.29, 0.717) is 39.3 Å². The molecule has 10 nitrogen and oxygen atoms in total. The van der Waals surface area contributed by atoms with Crippen LogP contribution in [0.3, 0.4) is 0 Å². The Morgan fingerprint density at radius 1 is 0.406 bits per heavy atom. The minimum absolute atomic E-state index is 0.122. The molecule has 10 heteroatoms. The van der Waals surface area contributed by atoms with Crippen molar-refractivity contribution in [2.24, 2.45) is 5.41 Å². The number of rotatable bonds is 49. The maximum Gasteiger partial charge on any atom is 0.363 e. The molecule has 380 valence electrons. The fraction of sp³-hybridized carbons (Fsp3) is 0.963. The molecule has 0 radical (unpaired) electrons. The van der Waals surface area contributed by atoms with Crippen LogP contribution in [0.15, 0.2) is 0 Å². The van der Waals surface area contributed by atoms with Crippen molar-refractivity contribution in [2.75, 3.05) is 73.0 Å². The van der Waals surface area contributed by atoms with Crippen molar-refractivity contribution in [1.82, 2.24) is 4.90 Å². The normalized spacial score (nSPS) is 14.2. The number of ether oxygens (including phenoxy) is 7. The predicted octanol–water partition coefficient (Wildman–Crippen LogP) is 14.1. The van der Waals surface area contributed by atoms with Crippen LogP contribution in [0, 0.1) is 5.41 Å². The van der Waals surface area contributed by atoms with Crippen LogP contribution < -0.4 is 0 Å². The largest absolute Gasteiger partial charge is 0.462 e. The van der Waals surface area contributed by atoms with Crippen LogP contribution in [0.1, 0.15) is 246 Å². The lowest BCUT2D eigenvalue weighted by atomic mass is 9.73. The van der Waals surface area contributed by atoms with Gasteiger partial charge in [0.1, 0.15) is 0 Å². The number of piperidine rings is 1. The fourth-order valence-corrected chi connectivity index (χ4v) is 8.70. The lowest BCUT2D eigenvalue weighted by Gasteiger charge is -2.42. The zero-order valence-corrected chi connectivity index (χ0v) is 42.9. The predicted molar refractivity (Wildman–Crippen MR) is 264 cm³/mol. The lowest BCUT2D eigenvalue weighted by Crippen LogP contribution is -2.42. The van der Waals surface area contributed by atoms with E-state index in [1.165, 1.54) is 128 Å². The fourth-order valence-electron chi connectivity index (χ4n) is 8.70. The Morgan fingerprint density at radius 3 is 1.02 bits per heavy atom. The van der Waals surface area contributed by atoms with Gasteiger partial charge in [0.05, 0.1) is 39.6 Å². The van der Waals surface area contributed by atoms with E-state index in [9.17, 15) is 9.59 Å². The Bertz CT molecular complexity index is 903. The van der Waals surface area contributed by atoms with Crippen molar-refractivity contribution in [1.29, 1.82) is 0 Å². The SMILES string of the molecule is CCCCCCCCCOC(OCCCCCCCCC)C(=O)OCCC1(CCOC(=O)C(OCCCCCCCCC)OCCCCCCCCC)CCN(CCCCOC)CC1. The molecule has 1 rings (SSSR count). The van der Waals surface area contributed by atoms with Gasteiger partial charge in [-0.15, -0.1) is 0 Å². The number of methoxy groups -OCH3 is 1. The molecule has 1 fully saturated rings. The van der Waals surface area contributed by atoms with Crippen LogP contribution in [-0.4, -0.2) is 102 Å². The third-order valence-electron chi connectivity index (χ3n) is 13.2. The Labute approximate surface area is 395 Å². The molecule has 1 saturated heterocycles. The third kappa shape index (κ3) is 34.9. The van der Waals surface area contributed by atoms with E-state index in [2.05, 4.69) is 32.6 Å². The molecule has 0 unspecified atom stereocenters. The molecule has 1 heterocycles. The number of carbonyl (C=O) groups is 2. The number of unbranched alkanes of at least 4 members (excludes halogenated alkanes) is 25. The van der Waals surface area contributed by atoms with Gasteiger partial charge < -0.3 is 38.1 Å². The Morgan fingerprint density at radius 2 is 0.703 bits per heavy atom. The van der Waals surface area contributed by atoms with Gasteiger partial charge in [-0.05, 0) is 89.3 Å². The van der Waals surface area contributed by atoms with E-state index in [0.717, 1.165) is 103 Å². The van der Waals surface area contributed by atoms with Gasteiger partial charge in [-0.2, -0.15) is 0 Å². The van der Waals surface area contributed by atoms with Gasteiger partial charge in [0, 0.05) is 13.7 Å². The summed E-state index contributed by atoms with van der Waals surface area (Å²) in [5, 5.41) is 0. The van der Waals surface area contributed by atoms with Gasteiger partial charge in [-0.1, -0.05) is 182 Å². The molecular weight excluding hydrogens is 807 g/mol. The molecule has 0 aromatic rings. The molecule has 0 bridgehead atoms. The Balaban J connectivity index is 2.86. The molecule has 0 aromatic carbocycles. The molecule has 0 aliphatic carbocycles. The van der Waals surface area contributed by atoms with Crippen LogP contribution in [0.4, 0.5) is 0 Å². The number of nitrogens with zero attached hydrogens (tertiary/aromatic N) is 1. The highest BCUT2D eigenvalue weighted by atomic mass is 16.7. The molecule has 0 saturated carbocycles. The van der Waals surface area contributed by atoms with Gasteiger partial charge >= 0.3 is 11.9 Å². The summed E-state index contributed by atoms with van der Waals surface area (Å²) in [7, 11) is 1.76. The van der Waals surface area contributed by atoms with Gasteiger partial charge in [0.15, 0.2) is 0 Å². The molecule has 1 aliphatic rings. The van der Waals surface area contributed by atoms with Gasteiger partial charge in [0.25, 0.3) is 12.6 Å². The van der Waals surface area contributed by atoms with Crippen molar-refractivity contribution < 1.29 is 42.7 Å². The van der Waals surface area contributed by atoms with E-state index in [4.69, 9.17) is 33.2 Å². The molecule has 0 amide bonds. The van der Waals surface area contributed by atoms with E-state index in [1.54, 1.807) is 7.11 Å². The summed E-state index contributed by atoms with van der Waals surface area (Å²) < 4.78 is 41.5. The summed E-state index contributed by atoms with van der Waals surface area (Å²) in [4.78, 5) is 29.6. The van der Waals surface area contributed by atoms with Crippen LogP contribution in [-0.2, 0) is 42.7 Å². The van der Waals surface area contributed by atoms with Crippen molar-refractivity contribution in [3.05, 3.63) is 0 Å². The summed E-state index contributed by atoms with van der Waals surface area (Å²) >= 11 is 0. The van der Waals surface area contributed by atoms with Crippen molar-refractivity contribution in [3.8, 4) is 0 Å². The molecule has 0 spiro atoms. The average molecular weight is 912 g/mol. The highest BCUT2D eigenvalue weighted by molar-refractivity contribution is 5.73. The highest BCUT2D eigenvalue weighted by Crippen LogP contribution is 2.39. The Hall–Kier alpha value is -1.30. The minimum Gasteiger partial charge on any atom is -0.462 e. The summed E-state index contributed by atoms with van der Waals surface area (Å²) in [6.45, 7) is 15.3. The average Bonchev–Trinajstić information content (AvgIpc) is 3.30. The molecule has 1 aliphatic heterocycles. The second-order valence-electron chi connectivity index (χ2n) is 19.0. The van der Waals surface area contributed by atoms with E-state index in [1.807, 2.05) is 0 Å². The maximum absolute atomic E-state index is 13.6. The maximum atomic E-state index is 13.6. The van der Waals surface area contributed by atoms with Crippen LogP contribution >= 0.6 is 0 Å². The summed E-state index contributed by atoms with van der Waals surface area (Å²) in [6.07, 6.45) is 36.6. The molecular formula is C54H105NO9. The quantitative estimate of drug-likeness (QED) is 0.0333. The van der Waals surface area contributed by atoms with Crippen LogP contribution in [0.25, 0.3) is 0 Å². The first-order chi connectivity index (χ1) is 31.4. The zero-order chi connectivity index (χ0) is 46.4. The second-order valence-corrected chi connectivity index (χ2v) is 19.0. The number of esters is 2. The van der Waals surface area contributed by atoms with Crippen molar-refractivity contribution in [2.45, 2.75) is 259 Å². The topological polar surface area (TPSA) is 102 Å². The highest BCUT2D eigenvalue weighted by Gasteiger charge is 2.36. The molecule has 0 N–H and O–H groups in total. The Kier molecular flexibility index (Phi) is 43.1. The summed E-state index contributed by atoms with van der Waals surface area (Å²) in [5.74, 6) is -0.857. The van der Waals surface area contributed by atoms with Crippen LogP contribution in [0.2, 0.25) is 0 Å². The first kappa shape index (κ1) is 60.7. The van der Waals surface area contributed by atoms with E-state index < -0.39 is 24.5 Å². The first-order valence-corrected chi connectivity index (χ1v) is 27.5. The number of carbonyl (C=O) groups excluding carboxylic acids is 2. The molecule has 0 aromatic heterocycles. The van der Waals surface area contributed by atoms with Crippen LogP contribution in [0.5, 0.6) is 0 Å². The number of hydrogen-bond donors (Lipinski definition) is 0.